The average Bonchev–Trinajstić information content (AvgIpc) is 2.86. The normalized spacial score (nSPS) is 12.5. The number of nitrogens with one attached hydrogen (secondary N) is 1. The number of benzene rings is 3. The molecule has 0 bridgehead atoms. The fourth-order valence-electron chi connectivity index (χ4n) is 4.28. The van der Waals surface area contributed by atoms with Crippen LogP contribution in [0.1, 0.15) is 37.5 Å². The number of halogens is 2. The zero-order valence-corrected chi connectivity index (χ0v) is 25.6. The third-order valence-electron chi connectivity index (χ3n) is 6.25. The maximum absolute atomic E-state index is 14.2. The van der Waals surface area contributed by atoms with E-state index in [2.05, 4.69) is 5.32 Å². The van der Waals surface area contributed by atoms with Crippen molar-refractivity contribution in [1.29, 1.82) is 0 Å². The van der Waals surface area contributed by atoms with Gasteiger partial charge in [-0.05, 0) is 62.6 Å². The Morgan fingerprint density at radius 1 is 0.900 bits per heavy atom. The van der Waals surface area contributed by atoms with Crippen molar-refractivity contribution in [2.75, 3.05) is 17.1 Å². The van der Waals surface area contributed by atoms with E-state index in [1.165, 1.54) is 4.90 Å². The van der Waals surface area contributed by atoms with Gasteiger partial charge in [0, 0.05) is 28.5 Å². The second kappa shape index (κ2) is 13.1. The van der Waals surface area contributed by atoms with E-state index in [-0.39, 0.29) is 18.9 Å². The summed E-state index contributed by atoms with van der Waals surface area (Å²) in [5.41, 5.74) is 1.72. The van der Waals surface area contributed by atoms with Crippen LogP contribution in [0.4, 0.5) is 5.69 Å². The second-order valence-corrected chi connectivity index (χ2v) is 13.4. The molecule has 0 saturated heterocycles. The van der Waals surface area contributed by atoms with Gasteiger partial charge in [0.1, 0.15) is 12.6 Å². The van der Waals surface area contributed by atoms with Crippen LogP contribution in [-0.2, 0) is 32.6 Å². The van der Waals surface area contributed by atoms with Gasteiger partial charge in [0.15, 0.2) is 0 Å². The van der Waals surface area contributed by atoms with E-state index < -0.39 is 34.1 Å². The number of anilines is 1. The number of nitrogens with zero attached hydrogens (tertiary/aromatic N) is 2. The molecule has 3 aromatic carbocycles. The minimum absolute atomic E-state index is 0.000298. The van der Waals surface area contributed by atoms with Crippen LogP contribution in [0.5, 0.6) is 0 Å². The number of hydrogen-bond donors (Lipinski definition) is 1. The zero-order chi connectivity index (χ0) is 29.7. The first-order chi connectivity index (χ1) is 18.7. The SMILES string of the molecule is Cc1c(Cl)cccc1N(CC(=O)N(Cc1ccccc1Cl)C(Cc1ccccc1)C(=O)NC(C)(C)C)S(C)(=O)=O. The summed E-state index contributed by atoms with van der Waals surface area (Å²) in [7, 11) is -3.90. The largest absolute Gasteiger partial charge is 0.350 e. The van der Waals surface area contributed by atoms with Gasteiger partial charge in [0.25, 0.3) is 0 Å². The third kappa shape index (κ3) is 8.46. The molecule has 0 radical (unpaired) electrons. The molecule has 7 nitrogen and oxygen atoms in total. The molecule has 2 amide bonds. The van der Waals surface area contributed by atoms with Crippen LogP contribution < -0.4 is 9.62 Å². The molecular formula is C30H35Cl2N3O4S. The molecule has 1 N–H and O–H groups in total. The first kappa shape index (κ1) is 31.5. The van der Waals surface area contributed by atoms with Gasteiger partial charge < -0.3 is 10.2 Å². The Kier molecular flexibility index (Phi) is 10.3. The van der Waals surface area contributed by atoms with E-state index in [1.807, 2.05) is 51.1 Å². The number of amides is 2. The number of rotatable bonds is 10. The van der Waals surface area contributed by atoms with Crippen LogP contribution in [0.25, 0.3) is 0 Å². The highest BCUT2D eigenvalue weighted by Crippen LogP contribution is 2.29. The Labute approximate surface area is 247 Å². The molecule has 0 aliphatic heterocycles. The van der Waals surface area contributed by atoms with Crippen LogP contribution in [-0.4, -0.2) is 49.5 Å². The summed E-state index contributed by atoms with van der Waals surface area (Å²) >= 11 is 12.8. The van der Waals surface area contributed by atoms with Crippen LogP contribution in [0.2, 0.25) is 10.0 Å². The molecule has 0 saturated carbocycles. The molecule has 0 spiro atoms. The van der Waals surface area contributed by atoms with E-state index in [9.17, 15) is 18.0 Å². The van der Waals surface area contributed by atoms with Crippen molar-refractivity contribution in [3.8, 4) is 0 Å². The highest BCUT2D eigenvalue weighted by atomic mass is 35.5. The van der Waals surface area contributed by atoms with Crippen molar-refractivity contribution in [2.24, 2.45) is 0 Å². The molecule has 0 aromatic heterocycles. The fraction of sp³-hybridized carbons (Fsp3) is 0.333. The molecule has 0 aliphatic rings. The summed E-state index contributed by atoms with van der Waals surface area (Å²) in [6.07, 6.45) is 1.25. The van der Waals surface area contributed by atoms with Gasteiger partial charge in [-0.2, -0.15) is 0 Å². The molecule has 0 fully saturated rings. The van der Waals surface area contributed by atoms with E-state index in [1.54, 1.807) is 49.4 Å². The van der Waals surface area contributed by atoms with Crippen molar-refractivity contribution >= 4 is 50.7 Å². The van der Waals surface area contributed by atoms with Gasteiger partial charge in [-0.3, -0.25) is 13.9 Å². The predicted octanol–water partition coefficient (Wildman–Crippen LogP) is 5.62. The smallest absolute Gasteiger partial charge is 0.244 e. The first-order valence-corrected chi connectivity index (χ1v) is 15.4. The maximum atomic E-state index is 14.2. The molecule has 40 heavy (non-hydrogen) atoms. The van der Waals surface area contributed by atoms with Gasteiger partial charge in [0.05, 0.1) is 11.9 Å². The van der Waals surface area contributed by atoms with E-state index >= 15 is 0 Å². The second-order valence-electron chi connectivity index (χ2n) is 10.7. The lowest BCUT2D eigenvalue weighted by Gasteiger charge is -2.35. The van der Waals surface area contributed by atoms with Crippen LogP contribution in [0, 0.1) is 6.92 Å². The highest BCUT2D eigenvalue weighted by molar-refractivity contribution is 7.92. The van der Waals surface area contributed by atoms with Crippen molar-refractivity contribution in [1.82, 2.24) is 10.2 Å². The summed E-state index contributed by atoms with van der Waals surface area (Å²) in [5.74, 6) is -0.920. The predicted molar refractivity (Wildman–Crippen MR) is 162 cm³/mol. The van der Waals surface area contributed by atoms with Crippen LogP contribution >= 0.6 is 23.2 Å². The Morgan fingerprint density at radius 3 is 2.10 bits per heavy atom. The van der Waals surface area contributed by atoms with Crippen LogP contribution in [0.3, 0.4) is 0 Å². The van der Waals surface area contributed by atoms with Crippen molar-refractivity contribution in [2.45, 2.75) is 52.2 Å². The minimum Gasteiger partial charge on any atom is -0.350 e. The number of carbonyl (C=O) groups is 2. The lowest BCUT2D eigenvalue weighted by atomic mass is 10.0. The quantitative estimate of drug-likeness (QED) is 0.326. The topological polar surface area (TPSA) is 86.8 Å². The minimum atomic E-state index is -3.90. The van der Waals surface area contributed by atoms with E-state index in [0.717, 1.165) is 16.1 Å². The van der Waals surface area contributed by atoms with Crippen molar-refractivity contribution < 1.29 is 18.0 Å². The average molecular weight is 605 g/mol. The molecule has 214 valence electrons. The molecule has 10 heteroatoms. The number of carbonyl (C=O) groups excluding carboxylic acids is 2. The molecular weight excluding hydrogens is 569 g/mol. The number of sulfonamides is 1. The fourth-order valence-corrected chi connectivity index (χ4v) is 5.54. The third-order valence-corrected chi connectivity index (χ3v) is 8.16. The molecule has 3 aromatic rings. The molecule has 0 aliphatic carbocycles. The lowest BCUT2D eigenvalue weighted by molar-refractivity contribution is -0.140. The molecule has 0 heterocycles. The molecule has 3 rings (SSSR count). The molecule has 1 atom stereocenters. The summed E-state index contributed by atoms with van der Waals surface area (Å²) in [6.45, 7) is 6.74. The highest BCUT2D eigenvalue weighted by Gasteiger charge is 2.35. The van der Waals surface area contributed by atoms with E-state index in [4.69, 9.17) is 23.2 Å². The Hall–Kier alpha value is -3.07. The maximum Gasteiger partial charge on any atom is 0.244 e. The van der Waals surface area contributed by atoms with Gasteiger partial charge in [-0.15, -0.1) is 0 Å². The van der Waals surface area contributed by atoms with Crippen LogP contribution in [0.15, 0.2) is 72.8 Å². The Bertz CT molecular complexity index is 1460. The Balaban J connectivity index is 2.11. The summed E-state index contributed by atoms with van der Waals surface area (Å²) in [5, 5.41) is 3.80. The van der Waals surface area contributed by atoms with Crippen molar-refractivity contribution in [3.05, 3.63) is 99.5 Å². The van der Waals surface area contributed by atoms with Gasteiger partial charge in [-0.25, -0.2) is 8.42 Å². The zero-order valence-electron chi connectivity index (χ0n) is 23.3. The Morgan fingerprint density at radius 2 is 1.50 bits per heavy atom. The standard InChI is InChI=1S/C30H35Cl2N3O4S/c1-21-24(31)16-11-17-26(21)35(40(5,38)39)20-28(36)34(19-23-14-9-10-15-25(23)32)27(29(37)33-30(2,3)4)18-22-12-7-6-8-13-22/h6-17,27H,18-20H2,1-5H3,(H,33,37). The molecule has 1 unspecified atom stereocenters. The lowest BCUT2D eigenvalue weighted by Crippen LogP contribution is -2.56. The number of hydrogen-bond acceptors (Lipinski definition) is 4. The van der Waals surface area contributed by atoms with Gasteiger partial charge in [-0.1, -0.05) is 77.8 Å². The summed E-state index contributed by atoms with van der Waals surface area (Å²) < 4.78 is 26.9. The van der Waals surface area contributed by atoms with Gasteiger partial charge >= 0.3 is 0 Å². The monoisotopic (exact) mass is 603 g/mol. The summed E-state index contributed by atoms with van der Waals surface area (Å²) in [4.78, 5) is 29.3. The van der Waals surface area contributed by atoms with Crippen molar-refractivity contribution in [3.63, 3.8) is 0 Å². The van der Waals surface area contributed by atoms with Gasteiger partial charge in [0.2, 0.25) is 21.8 Å². The first-order valence-electron chi connectivity index (χ1n) is 12.8. The summed E-state index contributed by atoms with van der Waals surface area (Å²) in [6, 6.07) is 20.3. The van der Waals surface area contributed by atoms with E-state index in [0.29, 0.717) is 26.9 Å².